The monoisotopic (exact) mass is 353 g/mol. The number of anilines is 1. The van der Waals surface area contributed by atoms with Crippen LogP contribution >= 0.6 is 0 Å². The van der Waals surface area contributed by atoms with Crippen molar-refractivity contribution in [2.24, 2.45) is 0 Å². The van der Waals surface area contributed by atoms with Gasteiger partial charge in [-0.2, -0.15) is 5.10 Å². The quantitative estimate of drug-likeness (QED) is 0.904. The second-order valence-electron chi connectivity index (χ2n) is 7.54. The maximum atomic E-state index is 13.4. The molecule has 0 atom stereocenters. The highest BCUT2D eigenvalue weighted by Gasteiger charge is 2.42. The first-order valence-corrected chi connectivity index (χ1v) is 9.69. The minimum atomic E-state index is -0.526. The van der Waals surface area contributed by atoms with Crippen molar-refractivity contribution in [3.05, 3.63) is 47.8 Å². The van der Waals surface area contributed by atoms with Crippen molar-refractivity contribution in [1.29, 1.82) is 0 Å². The Labute approximate surface area is 154 Å². The van der Waals surface area contributed by atoms with Gasteiger partial charge in [-0.25, -0.2) is 0 Å². The predicted octanol–water partition coefficient (Wildman–Crippen LogP) is 3.99. The molecule has 1 saturated carbocycles. The highest BCUT2D eigenvalue weighted by atomic mass is 16.5. The van der Waals surface area contributed by atoms with Gasteiger partial charge < -0.3 is 10.1 Å². The molecule has 1 N–H and O–H groups in total. The molecule has 0 spiro atoms. The molecule has 5 nitrogen and oxygen atoms in total. The van der Waals surface area contributed by atoms with E-state index in [4.69, 9.17) is 4.74 Å². The summed E-state index contributed by atoms with van der Waals surface area (Å²) < 4.78 is 7.64. The lowest BCUT2D eigenvalue weighted by Gasteiger charge is -2.36. The van der Waals surface area contributed by atoms with Gasteiger partial charge in [0.2, 0.25) is 5.91 Å². The topological polar surface area (TPSA) is 56.1 Å². The van der Waals surface area contributed by atoms with Crippen LogP contribution in [-0.4, -0.2) is 28.9 Å². The van der Waals surface area contributed by atoms with E-state index in [2.05, 4.69) is 34.2 Å². The normalized spacial score (nSPS) is 20.2. The van der Waals surface area contributed by atoms with Crippen LogP contribution in [0.25, 0.3) is 0 Å². The number of amides is 1. The van der Waals surface area contributed by atoms with Gasteiger partial charge in [-0.1, -0.05) is 43.2 Å². The Morgan fingerprint density at radius 2 is 1.88 bits per heavy atom. The lowest BCUT2D eigenvalue weighted by atomic mass is 9.73. The molecule has 1 aromatic carbocycles. The minimum absolute atomic E-state index is 0.0565. The summed E-state index contributed by atoms with van der Waals surface area (Å²) in [4.78, 5) is 13.4. The van der Waals surface area contributed by atoms with Crippen LogP contribution < -0.4 is 5.32 Å². The van der Waals surface area contributed by atoms with Gasteiger partial charge in [0.25, 0.3) is 0 Å². The third kappa shape index (κ3) is 3.05. The van der Waals surface area contributed by atoms with Gasteiger partial charge in [0.1, 0.15) is 0 Å². The molecule has 138 valence electrons. The van der Waals surface area contributed by atoms with E-state index in [1.807, 2.05) is 24.4 Å². The molecule has 26 heavy (non-hydrogen) atoms. The van der Waals surface area contributed by atoms with E-state index in [1.165, 1.54) is 25.7 Å². The molecule has 1 aliphatic carbocycles. The van der Waals surface area contributed by atoms with Gasteiger partial charge in [-0.15, -0.1) is 0 Å². The van der Waals surface area contributed by atoms with Gasteiger partial charge >= 0.3 is 0 Å². The number of nitrogens with one attached hydrogen (secondary N) is 1. The van der Waals surface area contributed by atoms with Crippen molar-refractivity contribution in [3.63, 3.8) is 0 Å². The fraction of sp³-hybridized carbons (Fsp3) is 0.524. The van der Waals surface area contributed by atoms with Crippen LogP contribution in [0, 0.1) is 6.92 Å². The minimum Gasteiger partial charge on any atom is -0.381 e. The van der Waals surface area contributed by atoms with Crippen LogP contribution in [0.5, 0.6) is 0 Å². The number of carbonyl (C=O) groups is 1. The van der Waals surface area contributed by atoms with E-state index in [0.717, 1.165) is 16.9 Å². The highest BCUT2D eigenvalue weighted by Crippen LogP contribution is 2.37. The van der Waals surface area contributed by atoms with Crippen molar-refractivity contribution >= 4 is 11.6 Å². The number of benzene rings is 1. The van der Waals surface area contributed by atoms with Crippen LogP contribution in [-0.2, 0) is 14.9 Å². The molecular formula is C21H27N3O2. The van der Waals surface area contributed by atoms with E-state index in [-0.39, 0.29) is 5.91 Å². The molecule has 0 bridgehead atoms. The Kier molecular flexibility index (Phi) is 4.81. The fourth-order valence-electron chi connectivity index (χ4n) is 4.43. The Hall–Kier alpha value is -2.14. The molecule has 2 fully saturated rings. The smallest absolute Gasteiger partial charge is 0.235 e. The van der Waals surface area contributed by atoms with Crippen molar-refractivity contribution < 1.29 is 9.53 Å². The standard InChI is InChI=1S/C21H27N3O2/c1-16-19(15-22-24(16)18-9-5-6-10-18)23-20(25)21(11-13-26-14-12-21)17-7-3-2-4-8-17/h2-4,7-8,15,18H,5-6,9-14H2,1H3,(H,23,25). The van der Waals surface area contributed by atoms with Crippen LogP contribution in [0.4, 0.5) is 5.69 Å². The number of aromatic nitrogens is 2. The van der Waals surface area contributed by atoms with Gasteiger partial charge in [0, 0.05) is 13.2 Å². The largest absolute Gasteiger partial charge is 0.381 e. The molecule has 0 radical (unpaired) electrons. The molecule has 4 rings (SSSR count). The van der Waals surface area contributed by atoms with E-state index in [9.17, 15) is 4.79 Å². The summed E-state index contributed by atoms with van der Waals surface area (Å²) in [6.45, 7) is 3.28. The summed E-state index contributed by atoms with van der Waals surface area (Å²) in [5, 5.41) is 7.75. The zero-order valence-corrected chi connectivity index (χ0v) is 15.4. The average Bonchev–Trinajstić information content (AvgIpc) is 3.33. The number of rotatable bonds is 4. The molecule has 5 heteroatoms. The van der Waals surface area contributed by atoms with Crippen molar-refractivity contribution in [2.75, 3.05) is 18.5 Å². The summed E-state index contributed by atoms with van der Waals surface area (Å²) in [5.41, 5.74) is 2.44. The van der Waals surface area contributed by atoms with Crippen molar-refractivity contribution in [3.8, 4) is 0 Å². The first kappa shape index (κ1) is 17.3. The summed E-state index contributed by atoms with van der Waals surface area (Å²) >= 11 is 0. The molecular weight excluding hydrogens is 326 g/mol. The van der Waals surface area contributed by atoms with Crippen LogP contribution in [0.15, 0.2) is 36.5 Å². The van der Waals surface area contributed by atoms with E-state index in [0.29, 0.717) is 32.1 Å². The first-order valence-electron chi connectivity index (χ1n) is 9.69. The molecule has 1 saturated heterocycles. The maximum absolute atomic E-state index is 13.4. The number of carbonyl (C=O) groups excluding carboxylic acids is 1. The molecule has 1 aliphatic heterocycles. The molecule has 0 unspecified atom stereocenters. The van der Waals surface area contributed by atoms with Gasteiger partial charge in [-0.05, 0) is 38.2 Å². The lowest BCUT2D eigenvalue weighted by molar-refractivity contribution is -0.125. The number of nitrogens with zero attached hydrogens (tertiary/aromatic N) is 2. The molecule has 1 amide bonds. The van der Waals surface area contributed by atoms with Gasteiger partial charge in [0.05, 0.1) is 29.0 Å². The third-order valence-electron chi connectivity index (χ3n) is 6.07. The van der Waals surface area contributed by atoms with E-state index in [1.54, 1.807) is 0 Å². The van der Waals surface area contributed by atoms with Crippen LogP contribution in [0.2, 0.25) is 0 Å². The zero-order valence-electron chi connectivity index (χ0n) is 15.4. The summed E-state index contributed by atoms with van der Waals surface area (Å²) in [7, 11) is 0. The summed E-state index contributed by atoms with van der Waals surface area (Å²) in [6.07, 6.45) is 8.12. The second kappa shape index (κ2) is 7.23. The zero-order chi connectivity index (χ0) is 18.0. The maximum Gasteiger partial charge on any atom is 0.235 e. The molecule has 2 heterocycles. The number of hydrogen-bond acceptors (Lipinski definition) is 3. The summed E-state index contributed by atoms with van der Waals surface area (Å²) in [6, 6.07) is 10.6. The number of ether oxygens (including phenoxy) is 1. The average molecular weight is 353 g/mol. The van der Waals surface area contributed by atoms with Crippen LogP contribution in [0.3, 0.4) is 0 Å². The Balaban J connectivity index is 1.59. The molecule has 2 aromatic rings. The fourth-order valence-corrected chi connectivity index (χ4v) is 4.43. The van der Waals surface area contributed by atoms with Crippen LogP contribution in [0.1, 0.15) is 55.8 Å². The van der Waals surface area contributed by atoms with Crippen molar-refractivity contribution in [1.82, 2.24) is 9.78 Å². The Morgan fingerprint density at radius 1 is 1.19 bits per heavy atom. The second-order valence-corrected chi connectivity index (χ2v) is 7.54. The Morgan fingerprint density at radius 3 is 2.58 bits per heavy atom. The molecule has 1 aromatic heterocycles. The highest BCUT2D eigenvalue weighted by molar-refractivity contribution is 5.99. The predicted molar refractivity (Wildman–Crippen MR) is 101 cm³/mol. The first-order chi connectivity index (χ1) is 12.7. The van der Waals surface area contributed by atoms with E-state index >= 15 is 0 Å². The number of hydrogen-bond donors (Lipinski definition) is 1. The van der Waals surface area contributed by atoms with Crippen molar-refractivity contribution in [2.45, 2.75) is 56.9 Å². The van der Waals surface area contributed by atoms with Gasteiger partial charge in [-0.3, -0.25) is 9.48 Å². The Bertz CT molecular complexity index is 757. The lowest BCUT2D eigenvalue weighted by Crippen LogP contribution is -2.44. The molecule has 2 aliphatic rings. The van der Waals surface area contributed by atoms with E-state index < -0.39 is 5.41 Å². The summed E-state index contributed by atoms with van der Waals surface area (Å²) in [5.74, 6) is 0.0565. The SMILES string of the molecule is Cc1c(NC(=O)C2(c3ccccc3)CCOCC2)cnn1C1CCCC1. The third-order valence-corrected chi connectivity index (χ3v) is 6.07. The van der Waals surface area contributed by atoms with Gasteiger partial charge in [0.15, 0.2) is 0 Å².